The maximum absolute atomic E-state index is 12.0. The van der Waals surface area contributed by atoms with Crippen LogP contribution >= 0.6 is 38.5 Å². The van der Waals surface area contributed by atoms with Crippen LogP contribution in [0.15, 0.2) is 46.9 Å². The Bertz CT molecular complexity index is 599. The molecule has 3 nitrogen and oxygen atoms in total. The molecule has 0 aliphatic carbocycles. The molecule has 98 valence electrons. The lowest BCUT2D eigenvalue weighted by Gasteiger charge is -2.08. The highest BCUT2D eigenvalue weighted by atomic mass is 127. The van der Waals surface area contributed by atoms with Crippen molar-refractivity contribution < 1.29 is 9.53 Å². The van der Waals surface area contributed by atoms with Gasteiger partial charge in [-0.05, 0) is 74.9 Å². The maximum atomic E-state index is 12.0. The molecule has 0 radical (unpaired) electrons. The van der Waals surface area contributed by atoms with Crippen LogP contribution in [0.2, 0.25) is 0 Å². The van der Waals surface area contributed by atoms with Crippen molar-refractivity contribution in [2.45, 2.75) is 0 Å². The molecule has 2 aromatic rings. The zero-order valence-electron chi connectivity index (χ0n) is 10.1. The van der Waals surface area contributed by atoms with Gasteiger partial charge in [0.15, 0.2) is 0 Å². The summed E-state index contributed by atoms with van der Waals surface area (Å²) in [6, 6.07) is 12.8. The summed E-state index contributed by atoms with van der Waals surface area (Å²) >= 11 is 5.57. The fourth-order valence-electron chi connectivity index (χ4n) is 1.54. The van der Waals surface area contributed by atoms with Crippen molar-refractivity contribution in [1.82, 2.24) is 0 Å². The molecule has 19 heavy (non-hydrogen) atoms. The molecule has 1 N–H and O–H groups in total. The number of halogens is 2. The summed E-state index contributed by atoms with van der Waals surface area (Å²) in [4.78, 5) is 12.0. The Morgan fingerprint density at radius 3 is 2.53 bits per heavy atom. The number of hydrogen-bond acceptors (Lipinski definition) is 2. The first-order valence-corrected chi connectivity index (χ1v) is 7.38. The van der Waals surface area contributed by atoms with Gasteiger partial charge in [0.25, 0.3) is 5.91 Å². The van der Waals surface area contributed by atoms with Crippen molar-refractivity contribution >= 4 is 50.1 Å². The van der Waals surface area contributed by atoms with Crippen LogP contribution in [0, 0.1) is 3.57 Å². The SMILES string of the molecule is COc1cc(NC(=O)c2ccc(I)cc2)ccc1Br. The molecule has 0 unspecified atom stereocenters. The first-order chi connectivity index (χ1) is 9.10. The van der Waals surface area contributed by atoms with Gasteiger partial charge >= 0.3 is 0 Å². The average molecular weight is 432 g/mol. The second-order valence-corrected chi connectivity index (χ2v) is 5.91. The van der Waals surface area contributed by atoms with Gasteiger partial charge in [-0.3, -0.25) is 4.79 Å². The predicted molar refractivity (Wildman–Crippen MR) is 87.8 cm³/mol. The predicted octanol–water partition coefficient (Wildman–Crippen LogP) is 4.31. The summed E-state index contributed by atoms with van der Waals surface area (Å²) in [6.07, 6.45) is 0. The average Bonchev–Trinajstić information content (AvgIpc) is 2.41. The maximum Gasteiger partial charge on any atom is 0.255 e. The van der Waals surface area contributed by atoms with Crippen LogP contribution < -0.4 is 10.1 Å². The minimum absolute atomic E-state index is 0.138. The monoisotopic (exact) mass is 431 g/mol. The molecule has 0 aromatic heterocycles. The van der Waals surface area contributed by atoms with Gasteiger partial charge in [-0.1, -0.05) is 0 Å². The molecule has 0 saturated carbocycles. The first-order valence-electron chi connectivity index (χ1n) is 5.50. The summed E-state index contributed by atoms with van der Waals surface area (Å²) in [5.41, 5.74) is 1.32. The Labute approximate surface area is 133 Å². The summed E-state index contributed by atoms with van der Waals surface area (Å²) in [7, 11) is 1.59. The molecule has 0 saturated heterocycles. The number of amides is 1. The topological polar surface area (TPSA) is 38.3 Å². The lowest BCUT2D eigenvalue weighted by molar-refractivity contribution is 0.102. The molecule has 2 rings (SSSR count). The van der Waals surface area contributed by atoms with Crippen molar-refractivity contribution in [2.24, 2.45) is 0 Å². The van der Waals surface area contributed by atoms with E-state index in [2.05, 4.69) is 43.8 Å². The summed E-state index contributed by atoms with van der Waals surface area (Å²) in [5.74, 6) is 0.543. The third-order valence-electron chi connectivity index (χ3n) is 2.52. The van der Waals surface area contributed by atoms with Crippen LogP contribution in [-0.4, -0.2) is 13.0 Å². The van der Waals surface area contributed by atoms with E-state index in [0.717, 1.165) is 8.04 Å². The molecule has 5 heteroatoms. The minimum Gasteiger partial charge on any atom is -0.495 e. The van der Waals surface area contributed by atoms with Crippen molar-refractivity contribution in [3.63, 3.8) is 0 Å². The van der Waals surface area contributed by atoms with E-state index in [-0.39, 0.29) is 5.91 Å². The van der Waals surface area contributed by atoms with E-state index in [4.69, 9.17) is 4.74 Å². The number of ether oxygens (including phenoxy) is 1. The van der Waals surface area contributed by atoms with Crippen LogP contribution in [0.4, 0.5) is 5.69 Å². The van der Waals surface area contributed by atoms with E-state index < -0.39 is 0 Å². The zero-order chi connectivity index (χ0) is 13.8. The van der Waals surface area contributed by atoms with Crippen LogP contribution in [0.25, 0.3) is 0 Å². The second-order valence-electron chi connectivity index (χ2n) is 3.81. The third-order valence-corrected chi connectivity index (χ3v) is 3.89. The Morgan fingerprint density at radius 2 is 1.89 bits per heavy atom. The third kappa shape index (κ3) is 3.70. The van der Waals surface area contributed by atoms with Gasteiger partial charge in [0, 0.05) is 20.9 Å². The van der Waals surface area contributed by atoms with Crippen molar-refractivity contribution in [3.8, 4) is 5.75 Å². The quantitative estimate of drug-likeness (QED) is 0.735. The fourth-order valence-corrected chi connectivity index (χ4v) is 2.31. The van der Waals surface area contributed by atoms with E-state index in [1.54, 1.807) is 25.3 Å². The van der Waals surface area contributed by atoms with E-state index in [1.807, 2.05) is 24.3 Å². The van der Waals surface area contributed by atoms with Gasteiger partial charge in [-0.2, -0.15) is 0 Å². The lowest BCUT2D eigenvalue weighted by Crippen LogP contribution is -2.11. The first kappa shape index (κ1) is 14.3. The van der Waals surface area contributed by atoms with Gasteiger partial charge in [0.1, 0.15) is 5.75 Å². The highest BCUT2D eigenvalue weighted by molar-refractivity contribution is 14.1. The van der Waals surface area contributed by atoms with Crippen molar-refractivity contribution in [1.29, 1.82) is 0 Å². The van der Waals surface area contributed by atoms with Gasteiger partial charge in [-0.15, -0.1) is 0 Å². The zero-order valence-corrected chi connectivity index (χ0v) is 13.9. The molecule has 0 heterocycles. The fraction of sp³-hybridized carbons (Fsp3) is 0.0714. The van der Waals surface area contributed by atoms with Crippen LogP contribution in [0.1, 0.15) is 10.4 Å². The summed E-state index contributed by atoms with van der Waals surface area (Å²) in [6.45, 7) is 0. The molecule has 0 aliphatic rings. The molecule has 0 atom stereocenters. The van der Waals surface area contributed by atoms with E-state index in [0.29, 0.717) is 17.0 Å². The second kappa shape index (κ2) is 6.38. The Balaban J connectivity index is 2.17. The van der Waals surface area contributed by atoms with Crippen molar-refractivity contribution in [3.05, 3.63) is 56.1 Å². The van der Waals surface area contributed by atoms with Crippen LogP contribution in [0.3, 0.4) is 0 Å². The van der Waals surface area contributed by atoms with E-state index in [1.165, 1.54) is 0 Å². The molecular weight excluding hydrogens is 421 g/mol. The smallest absolute Gasteiger partial charge is 0.255 e. The van der Waals surface area contributed by atoms with E-state index in [9.17, 15) is 4.79 Å². The van der Waals surface area contributed by atoms with Crippen molar-refractivity contribution in [2.75, 3.05) is 12.4 Å². The number of hydrogen-bond donors (Lipinski definition) is 1. The molecule has 0 spiro atoms. The summed E-state index contributed by atoms with van der Waals surface area (Å²) in [5, 5.41) is 2.84. The highest BCUT2D eigenvalue weighted by Crippen LogP contribution is 2.28. The Hall–Kier alpha value is -1.08. The van der Waals surface area contributed by atoms with Crippen LogP contribution in [0.5, 0.6) is 5.75 Å². The minimum atomic E-state index is -0.138. The number of carbonyl (C=O) groups excluding carboxylic acids is 1. The largest absolute Gasteiger partial charge is 0.495 e. The standard InChI is InChI=1S/C14H11BrINO2/c1-19-13-8-11(6-7-12(13)15)17-14(18)9-2-4-10(16)5-3-9/h2-8H,1H3,(H,17,18). The van der Waals surface area contributed by atoms with E-state index >= 15 is 0 Å². The van der Waals surface area contributed by atoms with Gasteiger partial charge in [0.05, 0.1) is 11.6 Å². The molecule has 2 aromatic carbocycles. The molecule has 0 aliphatic heterocycles. The Kier molecular flexibility index (Phi) is 4.81. The number of methoxy groups -OCH3 is 1. The number of benzene rings is 2. The van der Waals surface area contributed by atoms with Gasteiger partial charge < -0.3 is 10.1 Å². The molecular formula is C14H11BrINO2. The number of rotatable bonds is 3. The molecule has 0 fully saturated rings. The lowest BCUT2D eigenvalue weighted by atomic mass is 10.2. The normalized spacial score (nSPS) is 10.1. The van der Waals surface area contributed by atoms with Crippen LogP contribution in [-0.2, 0) is 0 Å². The molecule has 0 bridgehead atoms. The number of nitrogens with one attached hydrogen (secondary N) is 1. The number of carbonyl (C=O) groups is 1. The van der Waals surface area contributed by atoms with Gasteiger partial charge in [0.2, 0.25) is 0 Å². The Morgan fingerprint density at radius 1 is 1.21 bits per heavy atom. The number of anilines is 1. The molecule has 1 amide bonds. The summed E-state index contributed by atoms with van der Waals surface area (Å²) < 4.78 is 7.14. The highest BCUT2D eigenvalue weighted by Gasteiger charge is 2.07. The van der Waals surface area contributed by atoms with Gasteiger partial charge in [-0.25, -0.2) is 0 Å².